The van der Waals surface area contributed by atoms with Gasteiger partial charge in [0.25, 0.3) is 0 Å². The molecule has 21 nitrogen and oxygen atoms in total. The minimum Gasteiger partial charge on any atom is -0.507 e. The number of phenolic OH excluding ortho intramolecular Hbond substituents is 1. The van der Waals surface area contributed by atoms with Crippen LogP contribution in [0, 0.1) is 24.7 Å². The Kier molecular flexibility index (Phi) is 16.6. The van der Waals surface area contributed by atoms with Crippen molar-refractivity contribution >= 4 is 52.2 Å². The number of fused-ring (bicyclic) bond motifs is 3. The molecule has 6 aliphatic rings. The number of likely N-dealkylation sites (tertiary alicyclic amines) is 2. The molecule has 0 radical (unpaired) electrons. The number of pyridine rings is 1. The molecule has 84 heavy (non-hydrogen) atoms. The van der Waals surface area contributed by atoms with E-state index >= 15 is 0 Å². The molecule has 2 bridgehead atoms. The number of hydrogen-bond donors (Lipinski definition) is 4. The number of aliphatic hydroxyl groups is 1. The zero-order valence-electron chi connectivity index (χ0n) is 48.3. The third-order valence-electron chi connectivity index (χ3n) is 18.0. The van der Waals surface area contributed by atoms with Gasteiger partial charge < -0.3 is 64.7 Å². The number of carbonyl (C=O) groups is 3. The number of piperazine rings is 1. The van der Waals surface area contributed by atoms with Crippen LogP contribution in [0.2, 0.25) is 0 Å². The number of para-hydroxylation sites is 1. The average Bonchev–Trinajstić information content (AvgIpc) is 3.52. The van der Waals surface area contributed by atoms with Crippen molar-refractivity contribution in [2.24, 2.45) is 17.8 Å². The molecule has 5 saturated heterocycles. The Bertz CT molecular complexity index is 3270. The van der Waals surface area contributed by atoms with Crippen molar-refractivity contribution in [1.82, 2.24) is 45.3 Å². The van der Waals surface area contributed by atoms with Gasteiger partial charge in [-0.25, -0.2) is 14.8 Å². The zero-order valence-corrected chi connectivity index (χ0v) is 49.1. The Balaban J connectivity index is 0.570. The highest BCUT2D eigenvalue weighted by Gasteiger charge is 2.44. The lowest BCUT2D eigenvalue weighted by molar-refractivity contribution is -0.141. The van der Waals surface area contributed by atoms with Gasteiger partial charge in [-0.15, -0.1) is 21.5 Å². The van der Waals surface area contributed by atoms with E-state index in [1.165, 1.54) is 4.90 Å². The predicted molar refractivity (Wildman–Crippen MR) is 320 cm³/mol. The number of carbonyl (C=O) groups excluding carboxylic acids is 3. The van der Waals surface area contributed by atoms with Crippen molar-refractivity contribution in [2.45, 2.75) is 115 Å². The standard InChI is InChI=1S/C62H77N13O8S/c1-37(2)57(61(79)75-35-45(76)26-52(75)60(78)66-38(3)42-11-13-43(14-12-42)58-39(4)65-36-84-58)54-30-55(69-83-54)70-21-23-72(24-22-70)62(80)71-19-16-46(17-20-71)81-47-27-48(28-47)82-56-25-44(15-18-64-56)73-31-40-9-10-41(32-73)34-74(33-40)51-29-50(67-68-59(51)63)49-7-5-6-8-53(49)77/h5-8,11-15,18,25,29-30,36-38,40-41,45-48,52,57,76-77H,9-10,16-17,19-24,26-28,31-35H2,1-4H3,(H2,63,68)(H,66,78)/t38-,40?,41?,45+,47-,48-,52-,57+/m0/s1. The predicted octanol–water partition coefficient (Wildman–Crippen LogP) is 7.51. The second-order valence-electron chi connectivity index (χ2n) is 24.2. The van der Waals surface area contributed by atoms with E-state index in [2.05, 4.69) is 57.5 Å². The van der Waals surface area contributed by atoms with Gasteiger partial charge >= 0.3 is 6.03 Å². The molecule has 22 heteroatoms. The van der Waals surface area contributed by atoms with E-state index in [0.717, 1.165) is 97.8 Å². The summed E-state index contributed by atoms with van der Waals surface area (Å²) in [6.07, 6.45) is 6.78. The SMILES string of the molecule is Cc1ncsc1-c1ccc([C@H](C)NC(=O)[C@@H]2C[C@@H](O)CN2C(=O)[C@@H](c2cc(N3CCN(C(=O)N4CCC(O[C@H]5C[C@H](Oc6cc(N7CC8CCC(C7)CN(c7cc(-c9ccccc9O)nnc7N)C8)ccn6)C5)CC4)CC3)no2)C(C)C)cc1. The van der Waals surface area contributed by atoms with E-state index in [4.69, 9.17) is 19.7 Å². The number of thiazole rings is 1. The van der Waals surface area contributed by atoms with Gasteiger partial charge in [0, 0.05) is 121 Å². The topological polar surface area (TPSA) is 245 Å². The molecule has 0 spiro atoms. The molecule has 6 atom stereocenters. The highest BCUT2D eigenvalue weighted by atomic mass is 32.1. The molecule has 2 aromatic carbocycles. The number of piperidine rings is 1. The van der Waals surface area contributed by atoms with E-state index in [1.54, 1.807) is 23.5 Å². The maximum Gasteiger partial charge on any atom is 0.320 e. The summed E-state index contributed by atoms with van der Waals surface area (Å²) in [5.74, 6) is 1.51. The van der Waals surface area contributed by atoms with Crippen LogP contribution in [-0.2, 0) is 14.3 Å². The first-order valence-electron chi connectivity index (χ1n) is 29.9. The van der Waals surface area contributed by atoms with Gasteiger partial charge in [-0.2, -0.15) is 0 Å². The Morgan fingerprint density at radius 2 is 1.49 bits per heavy atom. The lowest BCUT2D eigenvalue weighted by Crippen LogP contribution is -2.55. The van der Waals surface area contributed by atoms with E-state index in [9.17, 15) is 24.6 Å². The Labute approximate surface area is 494 Å². The molecular formula is C62H77N13O8S. The van der Waals surface area contributed by atoms with Gasteiger partial charge in [0.15, 0.2) is 17.4 Å². The van der Waals surface area contributed by atoms with Gasteiger partial charge in [-0.05, 0) is 92.7 Å². The second kappa shape index (κ2) is 24.6. The number of anilines is 4. The van der Waals surface area contributed by atoms with E-state index in [0.29, 0.717) is 85.6 Å². The third-order valence-corrected chi connectivity index (χ3v) is 19.0. The highest BCUT2D eigenvalue weighted by Crippen LogP contribution is 2.39. The summed E-state index contributed by atoms with van der Waals surface area (Å²) in [7, 11) is 0. The number of urea groups is 1. The number of phenols is 1. The van der Waals surface area contributed by atoms with Gasteiger partial charge in [0.1, 0.15) is 23.8 Å². The first-order chi connectivity index (χ1) is 40.7. The molecule has 6 aromatic rings. The van der Waals surface area contributed by atoms with Crippen molar-refractivity contribution < 1.29 is 38.6 Å². The molecule has 12 rings (SSSR count). The first-order valence-corrected chi connectivity index (χ1v) is 30.8. The van der Waals surface area contributed by atoms with Crippen LogP contribution >= 0.6 is 11.3 Å². The number of aromatic nitrogens is 5. The Hall–Kier alpha value is -7.56. The van der Waals surface area contributed by atoms with E-state index < -0.39 is 18.1 Å². The maximum absolute atomic E-state index is 14.4. The van der Waals surface area contributed by atoms with E-state index in [-0.39, 0.29) is 66.8 Å². The maximum atomic E-state index is 14.4. The van der Waals surface area contributed by atoms with Crippen LogP contribution in [0.5, 0.6) is 11.6 Å². The van der Waals surface area contributed by atoms with Gasteiger partial charge in [-0.3, -0.25) is 9.59 Å². The summed E-state index contributed by atoms with van der Waals surface area (Å²) in [5, 5.41) is 37.4. The number of hydrogen-bond acceptors (Lipinski definition) is 18. The number of β-amino-alcohol motifs (C(OH)–C–C–N with tert-alkyl or cyclic N) is 1. The molecular weight excluding hydrogens is 1090 g/mol. The normalized spacial score (nSPS) is 23.7. The minimum atomic E-state index is -0.840. The molecule has 6 fully saturated rings. The van der Waals surface area contributed by atoms with Gasteiger partial charge in [-0.1, -0.05) is 55.4 Å². The zero-order chi connectivity index (χ0) is 58.2. The molecule has 5 aliphatic heterocycles. The van der Waals surface area contributed by atoms with Crippen LogP contribution in [0.15, 0.2) is 89.0 Å². The number of nitrogen functional groups attached to an aromatic ring is 1. The number of benzene rings is 2. The molecule has 5 N–H and O–H groups in total. The summed E-state index contributed by atoms with van der Waals surface area (Å²) in [6, 6.07) is 22.0. The smallest absolute Gasteiger partial charge is 0.320 e. The fourth-order valence-corrected chi connectivity index (χ4v) is 14.1. The molecule has 4 amide bonds. The molecule has 1 aliphatic carbocycles. The van der Waals surface area contributed by atoms with Crippen molar-refractivity contribution in [3.05, 3.63) is 102 Å². The van der Waals surface area contributed by atoms with Crippen LogP contribution in [0.25, 0.3) is 21.7 Å². The molecule has 4 aromatic heterocycles. The molecule has 2 unspecified atom stereocenters. The van der Waals surface area contributed by atoms with Crippen molar-refractivity contribution in [3.63, 3.8) is 0 Å². The summed E-state index contributed by atoms with van der Waals surface area (Å²) in [5.41, 5.74) is 14.5. The lowest BCUT2D eigenvalue weighted by Gasteiger charge is -2.41. The number of nitrogens with zero attached hydrogens (tertiary/aromatic N) is 11. The number of nitrogens with two attached hydrogens (primary N) is 1. The number of amides is 4. The van der Waals surface area contributed by atoms with Crippen LogP contribution in [0.3, 0.4) is 0 Å². The first kappa shape index (κ1) is 56.9. The number of nitrogens with one attached hydrogen (secondary N) is 1. The number of aromatic hydroxyl groups is 1. The number of aryl methyl sites for hydroxylation is 1. The second-order valence-corrected chi connectivity index (χ2v) is 25.1. The molecule has 9 heterocycles. The monoisotopic (exact) mass is 1160 g/mol. The summed E-state index contributed by atoms with van der Waals surface area (Å²) in [4.78, 5) is 64.4. The lowest BCUT2D eigenvalue weighted by atomic mass is 9.91. The van der Waals surface area contributed by atoms with Crippen LogP contribution in [0.4, 0.5) is 27.8 Å². The highest BCUT2D eigenvalue weighted by molar-refractivity contribution is 7.13. The molecule has 444 valence electrons. The van der Waals surface area contributed by atoms with Gasteiger partial charge in [0.2, 0.25) is 17.7 Å². The Morgan fingerprint density at radius 3 is 2.19 bits per heavy atom. The van der Waals surface area contributed by atoms with Crippen LogP contribution in [0.1, 0.15) is 94.7 Å². The fourth-order valence-electron chi connectivity index (χ4n) is 13.2. The largest absolute Gasteiger partial charge is 0.507 e. The van der Waals surface area contributed by atoms with Crippen molar-refractivity contribution in [1.29, 1.82) is 0 Å². The summed E-state index contributed by atoms with van der Waals surface area (Å²) >= 11 is 1.59. The summed E-state index contributed by atoms with van der Waals surface area (Å²) in [6.45, 7) is 14.7. The van der Waals surface area contributed by atoms with Crippen molar-refractivity contribution in [2.75, 3.05) is 92.4 Å². The van der Waals surface area contributed by atoms with Crippen molar-refractivity contribution in [3.8, 4) is 33.3 Å². The fraction of sp³-hybridized carbons (Fsp3) is 0.516. The Morgan fingerprint density at radius 1 is 0.774 bits per heavy atom. The third kappa shape index (κ3) is 12.3. The quantitative estimate of drug-likeness (QED) is 0.0777. The van der Waals surface area contributed by atoms with Gasteiger partial charge in [0.05, 0.1) is 51.8 Å². The number of aliphatic hydroxyl groups excluding tert-OH is 1. The number of ether oxygens (including phenoxy) is 2. The van der Waals surface area contributed by atoms with Crippen LogP contribution < -0.4 is 30.5 Å². The number of rotatable bonds is 15. The van der Waals surface area contributed by atoms with Crippen LogP contribution in [-0.4, -0.2) is 171 Å². The van der Waals surface area contributed by atoms with E-state index in [1.807, 2.05) is 97.7 Å². The molecule has 1 saturated carbocycles. The average molecular weight is 1160 g/mol. The summed E-state index contributed by atoms with van der Waals surface area (Å²) < 4.78 is 18.9. The minimum absolute atomic E-state index is 0.0302.